The van der Waals surface area contributed by atoms with E-state index < -0.39 is 31.1 Å². The summed E-state index contributed by atoms with van der Waals surface area (Å²) in [4.78, 5) is 36.3. The molecule has 0 radical (unpaired) electrons. The number of hydrogen-bond donors (Lipinski definition) is 3. The van der Waals surface area contributed by atoms with Gasteiger partial charge in [-0.1, -0.05) is 0 Å². The maximum absolute atomic E-state index is 11.2. The Morgan fingerprint density at radius 2 is 2.11 bits per heavy atom. The third kappa shape index (κ3) is 6.78. The van der Waals surface area contributed by atoms with E-state index in [2.05, 4.69) is 15.0 Å². The van der Waals surface area contributed by atoms with E-state index in [1.165, 1.54) is 0 Å². The van der Waals surface area contributed by atoms with Crippen molar-refractivity contribution in [3.8, 4) is 0 Å². The highest BCUT2D eigenvalue weighted by atomic mass is 16.5. The molecule has 0 saturated heterocycles. The van der Waals surface area contributed by atoms with Gasteiger partial charge in [-0.15, -0.1) is 0 Å². The average Bonchev–Trinajstić information content (AvgIpc) is 2.81. The van der Waals surface area contributed by atoms with E-state index in [9.17, 15) is 14.4 Å². The molecule has 1 aromatic heterocycles. The van der Waals surface area contributed by atoms with Gasteiger partial charge >= 0.3 is 12.0 Å². The Morgan fingerprint density at radius 3 is 2.74 bits per heavy atom. The number of nitrogens with one attached hydrogen (secondary N) is 2. The standard InChI is InChI=1S/C10H14N4O5/c15-8(5-19-6-9(16)17)13-10(18)12-2-4-14-3-1-11-7-14/h1,3,7H,2,4-6H2,(H,16,17)(H2,12,13,15,18). The molecule has 3 amide bonds. The van der Waals surface area contributed by atoms with E-state index in [1.54, 1.807) is 23.3 Å². The van der Waals surface area contributed by atoms with E-state index >= 15 is 0 Å². The van der Waals surface area contributed by atoms with Gasteiger partial charge in [0.1, 0.15) is 13.2 Å². The minimum atomic E-state index is -1.18. The lowest BCUT2D eigenvalue weighted by Crippen LogP contribution is -2.42. The minimum Gasteiger partial charge on any atom is -0.480 e. The Labute approximate surface area is 108 Å². The summed E-state index contributed by atoms with van der Waals surface area (Å²) in [6.07, 6.45) is 4.96. The van der Waals surface area contributed by atoms with Crippen LogP contribution >= 0.6 is 0 Å². The van der Waals surface area contributed by atoms with Crippen LogP contribution in [0.25, 0.3) is 0 Å². The fourth-order valence-electron chi connectivity index (χ4n) is 1.16. The summed E-state index contributed by atoms with van der Waals surface area (Å²) >= 11 is 0. The normalized spacial score (nSPS) is 9.89. The number of aromatic nitrogens is 2. The van der Waals surface area contributed by atoms with Crippen LogP contribution in [0.4, 0.5) is 4.79 Å². The second-order valence-electron chi connectivity index (χ2n) is 3.49. The van der Waals surface area contributed by atoms with Gasteiger partial charge in [0, 0.05) is 25.5 Å². The molecule has 0 fully saturated rings. The van der Waals surface area contributed by atoms with Gasteiger partial charge in [0.15, 0.2) is 0 Å². The number of nitrogens with zero attached hydrogens (tertiary/aromatic N) is 2. The van der Waals surface area contributed by atoms with E-state index in [-0.39, 0.29) is 0 Å². The van der Waals surface area contributed by atoms with Crippen LogP contribution in [0.2, 0.25) is 0 Å². The van der Waals surface area contributed by atoms with Gasteiger partial charge in [0.2, 0.25) is 0 Å². The molecule has 0 saturated carbocycles. The van der Waals surface area contributed by atoms with E-state index in [0.717, 1.165) is 0 Å². The van der Waals surface area contributed by atoms with Gasteiger partial charge < -0.3 is 19.7 Å². The predicted molar refractivity (Wildman–Crippen MR) is 62.2 cm³/mol. The van der Waals surface area contributed by atoms with Crippen molar-refractivity contribution in [3.05, 3.63) is 18.7 Å². The molecule has 0 bridgehead atoms. The maximum Gasteiger partial charge on any atom is 0.329 e. The first-order chi connectivity index (χ1) is 9.08. The molecular weight excluding hydrogens is 256 g/mol. The van der Waals surface area contributed by atoms with Crippen LogP contribution < -0.4 is 10.6 Å². The van der Waals surface area contributed by atoms with Gasteiger partial charge in [0.05, 0.1) is 6.33 Å². The molecule has 1 rings (SSSR count). The fourth-order valence-corrected chi connectivity index (χ4v) is 1.16. The molecule has 19 heavy (non-hydrogen) atoms. The summed E-state index contributed by atoms with van der Waals surface area (Å²) in [7, 11) is 0. The smallest absolute Gasteiger partial charge is 0.329 e. The Kier molecular flexibility index (Phi) is 6.03. The number of ether oxygens (including phenoxy) is 1. The molecule has 1 aromatic rings. The molecule has 0 aliphatic carbocycles. The van der Waals surface area contributed by atoms with Crippen LogP contribution in [0.1, 0.15) is 0 Å². The van der Waals surface area contributed by atoms with E-state index in [1.807, 2.05) is 5.32 Å². The van der Waals surface area contributed by atoms with Crippen molar-refractivity contribution in [2.75, 3.05) is 19.8 Å². The van der Waals surface area contributed by atoms with Crippen molar-refractivity contribution in [1.82, 2.24) is 20.2 Å². The SMILES string of the molecule is O=C(O)COCC(=O)NC(=O)NCCn1ccnc1. The number of carbonyl (C=O) groups excluding carboxylic acids is 2. The van der Waals surface area contributed by atoms with Crippen molar-refractivity contribution in [2.45, 2.75) is 6.54 Å². The van der Waals surface area contributed by atoms with Crippen molar-refractivity contribution in [2.24, 2.45) is 0 Å². The van der Waals surface area contributed by atoms with Crippen LogP contribution in [0.5, 0.6) is 0 Å². The number of hydrogen-bond acceptors (Lipinski definition) is 5. The maximum atomic E-state index is 11.2. The van der Waals surface area contributed by atoms with Crippen LogP contribution in [0.15, 0.2) is 18.7 Å². The highest BCUT2D eigenvalue weighted by molar-refractivity contribution is 5.94. The minimum absolute atomic E-state index is 0.325. The van der Waals surface area contributed by atoms with Gasteiger partial charge in [-0.05, 0) is 0 Å². The predicted octanol–water partition coefficient (Wildman–Crippen LogP) is -1.19. The lowest BCUT2D eigenvalue weighted by molar-refractivity contribution is -0.143. The van der Waals surface area contributed by atoms with Crippen molar-refractivity contribution < 1.29 is 24.2 Å². The number of carbonyl (C=O) groups is 3. The Bertz CT molecular complexity index is 431. The molecule has 1 heterocycles. The third-order valence-electron chi connectivity index (χ3n) is 1.93. The molecule has 0 atom stereocenters. The molecule has 9 heteroatoms. The fraction of sp³-hybridized carbons (Fsp3) is 0.400. The number of aliphatic carboxylic acids is 1. The van der Waals surface area contributed by atoms with Crippen LogP contribution in [0.3, 0.4) is 0 Å². The number of imidazole rings is 1. The monoisotopic (exact) mass is 270 g/mol. The van der Waals surface area contributed by atoms with Crippen molar-refractivity contribution in [3.63, 3.8) is 0 Å². The third-order valence-corrected chi connectivity index (χ3v) is 1.93. The zero-order valence-corrected chi connectivity index (χ0v) is 10.0. The average molecular weight is 270 g/mol. The number of rotatable bonds is 7. The Morgan fingerprint density at radius 1 is 1.32 bits per heavy atom. The van der Waals surface area contributed by atoms with Gasteiger partial charge in [-0.2, -0.15) is 0 Å². The molecule has 0 aromatic carbocycles. The van der Waals surface area contributed by atoms with Crippen LogP contribution in [-0.2, 0) is 20.9 Å². The van der Waals surface area contributed by atoms with Crippen molar-refractivity contribution in [1.29, 1.82) is 0 Å². The van der Waals surface area contributed by atoms with E-state index in [4.69, 9.17) is 5.11 Å². The molecule has 104 valence electrons. The van der Waals surface area contributed by atoms with Crippen molar-refractivity contribution >= 4 is 17.9 Å². The molecule has 0 unspecified atom stereocenters. The molecule has 0 aliphatic rings. The quantitative estimate of drug-likeness (QED) is 0.572. The Balaban J connectivity index is 2.09. The topological polar surface area (TPSA) is 123 Å². The lowest BCUT2D eigenvalue weighted by atomic mass is 10.6. The second kappa shape index (κ2) is 7.82. The largest absolute Gasteiger partial charge is 0.480 e. The zero-order valence-electron chi connectivity index (χ0n) is 10.0. The lowest BCUT2D eigenvalue weighted by Gasteiger charge is -2.07. The molecule has 0 aliphatic heterocycles. The van der Waals surface area contributed by atoms with Gasteiger partial charge in [-0.25, -0.2) is 14.6 Å². The summed E-state index contributed by atoms with van der Waals surface area (Å²) in [5, 5.41) is 12.7. The molecular formula is C10H14N4O5. The number of amides is 3. The van der Waals surface area contributed by atoms with Crippen LogP contribution in [0, 0.1) is 0 Å². The first kappa shape index (κ1) is 14.6. The molecule has 0 spiro atoms. The number of carboxylic acid groups (broad SMARTS) is 1. The summed E-state index contributed by atoms with van der Waals surface area (Å²) in [6.45, 7) is -0.223. The summed E-state index contributed by atoms with van der Waals surface area (Å²) in [5.74, 6) is -1.89. The summed E-state index contributed by atoms with van der Waals surface area (Å²) in [5.41, 5.74) is 0. The van der Waals surface area contributed by atoms with Crippen LogP contribution in [-0.4, -0.2) is 52.3 Å². The number of carboxylic acids is 1. The highest BCUT2D eigenvalue weighted by Crippen LogP contribution is 1.83. The molecule has 9 nitrogen and oxygen atoms in total. The first-order valence-corrected chi connectivity index (χ1v) is 5.41. The van der Waals surface area contributed by atoms with Gasteiger partial charge in [0.25, 0.3) is 5.91 Å². The summed E-state index contributed by atoms with van der Waals surface area (Å²) in [6, 6.07) is -0.663. The number of urea groups is 1. The zero-order chi connectivity index (χ0) is 14.1. The molecule has 3 N–H and O–H groups in total. The summed E-state index contributed by atoms with van der Waals surface area (Å²) < 4.78 is 6.28. The van der Waals surface area contributed by atoms with E-state index in [0.29, 0.717) is 13.1 Å². The second-order valence-corrected chi connectivity index (χ2v) is 3.49. The number of imide groups is 1. The first-order valence-electron chi connectivity index (χ1n) is 5.41. The highest BCUT2D eigenvalue weighted by Gasteiger charge is 2.08. The Hall–Kier alpha value is -2.42. The van der Waals surface area contributed by atoms with Gasteiger partial charge in [-0.3, -0.25) is 10.1 Å².